The first-order valence-corrected chi connectivity index (χ1v) is 7.33. The Labute approximate surface area is 109 Å². The van der Waals surface area contributed by atoms with Crippen LogP contribution in [0.3, 0.4) is 0 Å². The fourth-order valence-corrected chi connectivity index (χ4v) is 3.04. The summed E-state index contributed by atoms with van der Waals surface area (Å²) in [5, 5.41) is 0. The number of nitrogens with one attached hydrogen (secondary N) is 1. The van der Waals surface area contributed by atoms with E-state index < -0.39 is 0 Å². The Morgan fingerprint density at radius 1 is 1.28 bits per heavy atom. The van der Waals surface area contributed by atoms with Gasteiger partial charge in [0.15, 0.2) is 0 Å². The summed E-state index contributed by atoms with van der Waals surface area (Å²) in [5.74, 6) is 2.29. The molecule has 0 saturated heterocycles. The lowest BCUT2D eigenvalue weighted by atomic mass is 9.80. The zero-order chi connectivity index (χ0) is 13.0. The van der Waals surface area contributed by atoms with Crippen LogP contribution in [-0.2, 0) is 6.42 Å². The van der Waals surface area contributed by atoms with Gasteiger partial charge in [-0.15, -0.1) is 0 Å². The molecule has 1 aromatic rings. The Morgan fingerprint density at radius 2 is 2.00 bits per heavy atom. The number of aromatic amines is 1. The Balaban J connectivity index is 2.05. The lowest BCUT2D eigenvalue weighted by Crippen LogP contribution is -2.19. The second-order valence-electron chi connectivity index (χ2n) is 5.48. The van der Waals surface area contributed by atoms with Crippen LogP contribution in [0.2, 0.25) is 0 Å². The van der Waals surface area contributed by atoms with Gasteiger partial charge in [-0.05, 0) is 38.0 Å². The molecule has 1 aliphatic rings. The molecule has 0 spiro atoms. The SMILES string of the molecule is CCCC1CCC(c2nc(CC)cc(=O)[nH]2)CC1. The van der Waals surface area contributed by atoms with Crippen LogP contribution in [0.1, 0.15) is 69.8 Å². The average Bonchev–Trinajstić information content (AvgIpc) is 2.39. The van der Waals surface area contributed by atoms with Crippen molar-refractivity contribution in [2.24, 2.45) is 5.92 Å². The van der Waals surface area contributed by atoms with E-state index in [4.69, 9.17) is 0 Å². The van der Waals surface area contributed by atoms with Crippen molar-refractivity contribution in [1.29, 1.82) is 0 Å². The number of rotatable bonds is 4. The first-order chi connectivity index (χ1) is 8.72. The second-order valence-corrected chi connectivity index (χ2v) is 5.48. The first kappa shape index (κ1) is 13.3. The van der Waals surface area contributed by atoms with Crippen LogP contribution in [0.25, 0.3) is 0 Å². The van der Waals surface area contributed by atoms with Crippen molar-refractivity contribution in [2.75, 3.05) is 0 Å². The summed E-state index contributed by atoms with van der Waals surface area (Å²) < 4.78 is 0. The molecule has 100 valence electrons. The van der Waals surface area contributed by atoms with Gasteiger partial charge in [-0.2, -0.15) is 0 Å². The third kappa shape index (κ3) is 3.21. The molecule has 1 fully saturated rings. The van der Waals surface area contributed by atoms with Crippen molar-refractivity contribution >= 4 is 0 Å². The standard InChI is InChI=1S/C15H24N2O/c1-3-5-11-6-8-12(9-7-11)15-16-13(4-2)10-14(18)17-15/h10-12H,3-9H2,1-2H3,(H,16,17,18). The van der Waals surface area contributed by atoms with Gasteiger partial charge in [0.1, 0.15) is 5.82 Å². The highest BCUT2D eigenvalue weighted by atomic mass is 16.1. The maximum Gasteiger partial charge on any atom is 0.251 e. The molecular formula is C15H24N2O. The van der Waals surface area contributed by atoms with Gasteiger partial charge in [-0.25, -0.2) is 4.98 Å². The molecule has 0 atom stereocenters. The van der Waals surface area contributed by atoms with Gasteiger partial charge < -0.3 is 4.98 Å². The molecular weight excluding hydrogens is 224 g/mol. The molecule has 1 saturated carbocycles. The summed E-state index contributed by atoms with van der Waals surface area (Å²) in [5.41, 5.74) is 0.928. The largest absolute Gasteiger partial charge is 0.310 e. The van der Waals surface area contributed by atoms with Crippen molar-refractivity contribution < 1.29 is 0 Å². The molecule has 1 aliphatic carbocycles. The average molecular weight is 248 g/mol. The van der Waals surface area contributed by atoms with Gasteiger partial charge in [0, 0.05) is 17.7 Å². The van der Waals surface area contributed by atoms with Crippen molar-refractivity contribution in [1.82, 2.24) is 9.97 Å². The predicted molar refractivity (Wildman–Crippen MR) is 73.8 cm³/mol. The van der Waals surface area contributed by atoms with Crippen LogP contribution in [0, 0.1) is 5.92 Å². The molecule has 0 radical (unpaired) electrons. The van der Waals surface area contributed by atoms with Crippen molar-refractivity contribution in [2.45, 2.75) is 64.7 Å². The summed E-state index contributed by atoms with van der Waals surface area (Å²) in [6.45, 7) is 4.31. The van der Waals surface area contributed by atoms with E-state index in [-0.39, 0.29) is 5.56 Å². The fraction of sp³-hybridized carbons (Fsp3) is 0.733. The monoisotopic (exact) mass is 248 g/mol. The minimum atomic E-state index is 0.00697. The van der Waals surface area contributed by atoms with Crippen LogP contribution in [0.4, 0.5) is 0 Å². The molecule has 1 N–H and O–H groups in total. The van der Waals surface area contributed by atoms with E-state index in [9.17, 15) is 4.79 Å². The maximum absolute atomic E-state index is 11.6. The van der Waals surface area contributed by atoms with Gasteiger partial charge in [0.2, 0.25) is 0 Å². The van der Waals surface area contributed by atoms with E-state index in [1.54, 1.807) is 6.07 Å². The molecule has 0 amide bonds. The first-order valence-electron chi connectivity index (χ1n) is 7.33. The smallest absolute Gasteiger partial charge is 0.251 e. The summed E-state index contributed by atoms with van der Waals surface area (Å²) in [4.78, 5) is 19.1. The minimum absolute atomic E-state index is 0.00697. The van der Waals surface area contributed by atoms with Crippen LogP contribution in [0.15, 0.2) is 10.9 Å². The normalized spacial score (nSPS) is 24.1. The topological polar surface area (TPSA) is 45.8 Å². The second kappa shape index (κ2) is 6.17. The van der Waals surface area contributed by atoms with E-state index in [0.717, 1.165) is 23.9 Å². The van der Waals surface area contributed by atoms with E-state index in [0.29, 0.717) is 5.92 Å². The molecule has 1 heterocycles. The van der Waals surface area contributed by atoms with E-state index in [2.05, 4.69) is 16.9 Å². The molecule has 0 unspecified atom stereocenters. The molecule has 3 nitrogen and oxygen atoms in total. The van der Waals surface area contributed by atoms with Crippen LogP contribution in [0.5, 0.6) is 0 Å². The van der Waals surface area contributed by atoms with Crippen molar-refractivity contribution in [3.8, 4) is 0 Å². The van der Waals surface area contributed by atoms with E-state index in [1.807, 2.05) is 6.92 Å². The Kier molecular flexibility index (Phi) is 4.56. The molecule has 3 heteroatoms. The quantitative estimate of drug-likeness (QED) is 0.887. The van der Waals surface area contributed by atoms with E-state index >= 15 is 0 Å². The molecule has 0 bridgehead atoms. The van der Waals surface area contributed by atoms with Crippen LogP contribution >= 0.6 is 0 Å². The van der Waals surface area contributed by atoms with Crippen LogP contribution < -0.4 is 5.56 Å². The van der Waals surface area contributed by atoms with Crippen molar-refractivity contribution in [3.63, 3.8) is 0 Å². The van der Waals surface area contributed by atoms with E-state index in [1.165, 1.54) is 38.5 Å². The summed E-state index contributed by atoms with van der Waals surface area (Å²) in [6, 6.07) is 1.62. The molecule has 1 aromatic heterocycles. The Hall–Kier alpha value is -1.12. The van der Waals surface area contributed by atoms with Gasteiger partial charge in [0.25, 0.3) is 5.56 Å². The van der Waals surface area contributed by atoms with Gasteiger partial charge in [0.05, 0.1) is 0 Å². The highest BCUT2D eigenvalue weighted by molar-refractivity contribution is 5.06. The number of H-pyrrole nitrogens is 1. The van der Waals surface area contributed by atoms with Gasteiger partial charge in [-0.3, -0.25) is 4.79 Å². The Bertz CT molecular complexity index is 430. The number of hydrogen-bond donors (Lipinski definition) is 1. The number of nitrogens with zero attached hydrogens (tertiary/aromatic N) is 1. The third-order valence-corrected chi connectivity index (χ3v) is 4.11. The zero-order valence-electron chi connectivity index (χ0n) is 11.5. The lowest BCUT2D eigenvalue weighted by Gasteiger charge is -2.27. The highest BCUT2D eigenvalue weighted by Gasteiger charge is 2.23. The highest BCUT2D eigenvalue weighted by Crippen LogP contribution is 2.35. The number of hydrogen-bond acceptors (Lipinski definition) is 2. The zero-order valence-corrected chi connectivity index (χ0v) is 11.5. The number of aryl methyl sites for hydroxylation is 1. The Morgan fingerprint density at radius 3 is 2.61 bits per heavy atom. The minimum Gasteiger partial charge on any atom is -0.310 e. The molecule has 0 aliphatic heterocycles. The molecule has 18 heavy (non-hydrogen) atoms. The summed E-state index contributed by atoms with van der Waals surface area (Å²) in [6.07, 6.45) is 8.42. The molecule has 2 rings (SSSR count). The van der Waals surface area contributed by atoms with Gasteiger partial charge >= 0.3 is 0 Å². The van der Waals surface area contributed by atoms with Crippen molar-refractivity contribution in [3.05, 3.63) is 27.9 Å². The summed E-state index contributed by atoms with van der Waals surface area (Å²) in [7, 11) is 0. The third-order valence-electron chi connectivity index (χ3n) is 4.11. The molecule has 0 aromatic carbocycles. The van der Waals surface area contributed by atoms with Crippen LogP contribution in [-0.4, -0.2) is 9.97 Å². The number of aromatic nitrogens is 2. The van der Waals surface area contributed by atoms with Gasteiger partial charge in [-0.1, -0.05) is 26.7 Å². The maximum atomic E-state index is 11.6. The summed E-state index contributed by atoms with van der Waals surface area (Å²) >= 11 is 0. The fourth-order valence-electron chi connectivity index (χ4n) is 3.04. The predicted octanol–water partition coefficient (Wildman–Crippen LogP) is 3.41. The lowest BCUT2D eigenvalue weighted by molar-refractivity contribution is 0.301.